The first-order valence-corrected chi connectivity index (χ1v) is 16.2. The monoisotopic (exact) mass is 551 g/mol. The number of carbonyl (C=O) groups excluding carboxylic acids is 1. The number of carbonyl (C=O) groups is 1. The van der Waals surface area contributed by atoms with Crippen molar-refractivity contribution in [3.63, 3.8) is 0 Å². The third-order valence-corrected chi connectivity index (χ3v) is 12.4. The number of amides is 1. The van der Waals surface area contributed by atoms with Crippen molar-refractivity contribution in [1.29, 1.82) is 0 Å². The summed E-state index contributed by atoms with van der Waals surface area (Å²) in [5.74, 6) is 3.41. The molecule has 0 radical (unpaired) electrons. The SMILES string of the molecule is CC[C@H]1[C@@H](O)C2C3CC[C@H]([C@H](C)CCNC(=O)OC/C=C/c4ccccc4)[C@@]3(C)CCC2[C@@]2(C)CC[C@@H](O)C[C@@H]12. The van der Waals surface area contributed by atoms with Crippen LogP contribution in [0.3, 0.4) is 0 Å². The van der Waals surface area contributed by atoms with Gasteiger partial charge in [0.15, 0.2) is 0 Å². The van der Waals surface area contributed by atoms with Crippen LogP contribution in [0.4, 0.5) is 4.79 Å². The lowest BCUT2D eigenvalue weighted by Gasteiger charge is -2.64. The first-order valence-electron chi connectivity index (χ1n) is 16.2. The molecule has 4 aliphatic carbocycles. The van der Waals surface area contributed by atoms with Gasteiger partial charge in [0, 0.05) is 6.54 Å². The maximum atomic E-state index is 12.3. The van der Waals surface area contributed by atoms with Gasteiger partial charge in [0.05, 0.1) is 12.2 Å². The van der Waals surface area contributed by atoms with E-state index in [1.807, 2.05) is 42.5 Å². The summed E-state index contributed by atoms with van der Waals surface area (Å²) in [6.45, 7) is 10.5. The molecule has 1 aromatic carbocycles. The van der Waals surface area contributed by atoms with Crippen LogP contribution >= 0.6 is 0 Å². The number of benzene rings is 1. The van der Waals surface area contributed by atoms with Gasteiger partial charge in [0.1, 0.15) is 6.61 Å². The fourth-order valence-corrected chi connectivity index (χ4v) is 10.5. The van der Waals surface area contributed by atoms with Crippen LogP contribution in [-0.2, 0) is 4.74 Å². The van der Waals surface area contributed by atoms with Gasteiger partial charge in [-0.1, -0.05) is 70.5 Å². The molecule has 0 spiro atoms. The van der Waals surface area contributed by atoms with E-state index in [0.29, 0.717) is 48.0 Å². The molecule has 0 heterocycles. The Morgan fingerprint density at radius 3 is 2.52 bits per heavy atom. The van der Waals surface area contributed by atoms with Crippen molar-refractivity contribution in [2.24, 2.45) is 52.3 Å². The second-order valence-corrected chi connectivity index (χ2v) is 14.2. The summed E-state index contributed by atoms with van der Waals surface area (Å²) in [5.41, 5.74) is 1.59. The molecule has 3 unspecified atom stereocenters. The van der Waals surface area contributed by atoms with E-state index in [0.717, 1.165) is 37.7 Å². The average molecular weight is 552 g/mol. The van der Waals surface area contributed by atoms with E-state index in [-0.39, 0.29) is 35.7 Å². The molecule has 1 amide bonds. The van der Waals surface area contributed by atoms with Crippen molar-refractivity contribution < 1.29 is 19.7 Å². The van der Waals surface area contributed by atoms with Crippen molar-refractivity contribution in [3.05, 3.63) is 42.0 Å². The molecule has 3 N–H and O–H groups in total. The Bertz CT molecular complexity index is 1030. The summed E-state index contributed by atoms with van der Waals surface area (Å²) in [7, 11) is 0. The normalized spacial score (nSPS) is 41.5. The zero-order valence-corrected chi connectivity index (χ0v) is 25.2. The zero-order valence-electron chi connectivity index (χ0n) is 25.2. The van der Waals surface area contributed by atoms with E-state index in [1.165, 1.54) is 25.7 Å². The second kappa shape index (κ2) is 12.2. The van der Waals surface area contributed by atoms with Gasteiger partial charge >= 0.3 is 6.09 Å². The quantitative estimate of drug-likeness (QED) is 0.323. The fourth-order valence-electron chi connectivity index (χ4n) is 10.5. The van der Waals surface area contributed by atoms with Crippen LogP contribution in [-0.4, -0.2) is 41.7 Å². The number of ether oxygens (including phenoxy) is 1. The Balaban J connectivity index is 1.16. The summed E-state index contributed by atoms with van der Waals surface area (Å²) in [6, 6.07) is 10.0. The Kier molecular flexibility index (Phi) is 9.02. The Labute approximate surface area is 242 Å². The molecule has 11 atom stereocenters. The number of nitrogens with one attached hydrogen (secondary N) is 1. The van der Waals surface area contributed by atoms with E-state index >= 15 is 0 Å². The van der Waals surface area contributed by atoms with Crippen LogP contribution in [0.1, 0.15) is 91.0 Å². The van der Waals surface area contributed by atoms with E-state index < -0.39 is 0 Å². The molecule has 40 heavy (non-hydrogen) atoms. The molecule has 0 aromatic heterocycles. The van der Waals surface area contributed by atoms with Crippen LogP contribution < -0.4 is 5.32 Å². The highest BCUT2D eigenvalue weighted by Crippen LogP contribution is 2.69. The highest BCUT2D eigenvalue weighted by molar-refractivity contribution is 5.67. The fraction of sp³-hybridized carbons (Fsp3) is 0.743. The number of aliphatic hydroxyl groups excluding tert-OH is 2. The standard InChI is InChI=1S/C35H53NO4/c1-5-26-30-22-25(37)15-18-35(30,4)29-16-19-34(3)27(13-14-28(34)31(29)32(26)38)23(2)17-20-36-33(39)40-21-9-12-24-10-7-6-8-11-24/h6-12,23,25-32,37-38H,5,13-22H2,1-4H3,(H,36,39)/b12-9+/t23-,25-,26-,27-,28?,29?,30+,31?,32-,34-,35-/m1/s1. The molecule has 4 aliphatic rings. The van der Waals surface area contributed by atoms with Crippen LogP contribution in [0.25, 0.3) is 6.08 Å². The van der Waals surface area contributed by atoms with E-state index in [9.17, 15) is 15.0 Å². The number of fused-ring (bicyclic) bond motifs is 5. The molecule has 222 valence electrons. The number of hydrogen-bond acceptors (Lipinski definition) is 4. The third kappa shape index (κ3) is 5.50. The van der Waals surface area contributed by atoms with Gasteiger partial charge in [-0.15, -0.1) is 0 Å². The third-order valence-electron chi connectivity index (χ3n) is 12.4. The molecule has 4 saturated carbocycles. The minimum Gasteiger partial charge on any atom is -0.445 e. The molecule has 1 aromatic rings. The van der Waals surface area contributed by atoms with E-state index in [4.69, 9.17) is 4.74 Å². The minimum absolute atomic E-state index is 0.196. The van der Waals surface area contributed by atoms with Crippen molar-refractivity contribution in [2.75, 3.05) is 13.2 Å². The number of alkyl carbamates (subject to hydrolysis) is 1. The average Bonchev–Trinajstić information content (AvgIpc) is 3.30. The highest BCUT2D eigenvalue weighted by Gasteiger charge is 2.64. The summed E-state index contributed by atoms with van der Waals surface area (Å²) < 4.78 is 5.35. The molecule has 4 fully saturated rings. The van der Waals surface area contributed by atoms with Crippen molar-refractivity contribution in [3.8, 4) is 0 Å². The molecule has 5 nitrogen and oxygen atoms in total. The summed E-state index contributed by atoms with van der Waals surface area (Å²) in [5, 5.41) is 25.4. The summed E-state index contributed by atoms with van der Waals surface area (Å²) >= 11 is 0. The largest absolute Gasteiger partial charge is 0.445 e. The lowest BCUT2D eigenvalue weighted by atomic mass is 9.41. The van der Waals surface area contributed by atoms with Gasteiger partial charge in [0.25, 0.3) is 0 Å². The first kappa shape index (κ1) is 29.6. The Morgan fingerprint density at radius 2 is 1.77 bits per heavy atom. The lowest BCUT2D eigenvalue weighted by Crippen LogP contribution is -2.62. The van der Waals surface area contributed by atoms with Gasteiger partial charge in [-0.25, -0.2) is 4.79 Å². The summed E-state index contributed by atoms with van der Waals surface area (Å²) in [6.07, 6.45) is 12.8. The predicted molar refractivity (Wildman–Crippen MR) is 160 cm³/mol. The number of hydrogen-bond donors (Lipinski definition) is 3. The maximum absolute atomic E-state index is 12.3. The van der Waals surface area contributed by atoms with Crippen LogP contribution in [0.5, 0.6) is 0 Å². The van der Waals surface area contributed by atoms with Crippen LogP contribution in [0.2, 0.25) is 0 Å². The van der Waals surface area contributed by atoms with Crippen LogP contribution in [0, 0.1) is 52.3 Å². The zero-order chi connectivity index (χ0) is 28.5. The smallest absolute Gasteiger partial charge is 0.407 e. The molecular weight excluding hydrogens is 498 g/mol. The highest BCUT2D eigenvalue weighted by atomic mass is 16.5. The molecule has 5 rings (SSSR count). The number of rotatable bonds is 8. The maximum Gasteiger partial charge on any atom is 0.407 e. The van der Waals surface area contributed by atoms with Gasteiger partial charge in [-0.05, 0) is 115 Å². The van der Waals surface area contributed by atoms with Crippen molar-refractivity contribution in [2.45, 2.75) is 97.7 Å². The van der Waals surface area contributed by atoms with E-state index in [1.54, 1.807) is 0 Å². The second-order valence-electron chi connectivity index (χ2n) is 14.2. The summed E-state index contributed by atoms with van der Waals surface area (Å²) in [4.78, 5) is 12.3. The Morgan fingerprint density at radius 1 is 1.05 bits per heavy atom. The number of aliphatic hydroxyl groups is 2. The predicted octanol–water partition coefficient (Wildman–Crippen LogP) is 7.08. The first-order chi connectivity index (χ1) is 19.2. The molecule has 5 heteroatoms. The van der Waals surface area contributed by atoms with Crippen molar-refractivity contribution >= 4 is 12.2 Å². The molecule has 0 bridgehead atoms. The van der Waals surface area contributed by atoms with E-state index in [2.05, 4.69) is 33.0 Å². The van der Waals surface area contributed by atoms with Gasteiger partial charge in [-0.2, -0.15) is 0 Å². The van der Waals surface area contributed by atoms with Gasteiger partial charge in [-0.3, -0.25) is 0 Å². The molecular formula is C35H53NO4. The van der Waals surface area contributed by atoms with Gasteiger partial charge < -0.3 is 20.3 Å². The topological polar surface area (TPSA) is 78.8 Å². The lowest BCUT2D eigenvalue weighted by molar-refractivity contribution is -0.203. The van der Waals surface area contributed by atoms with Crippen LogP contribution in [0.15, 0.2) is 36.4 Å². The molecule has 0 saturated heterocycles. The Hall–Kier alpha value is -1.85. The van der Waals surface area contributed by atoms with Crippen molar-refractivity contribution in [1.82, 2.24) is 5.32 Å². The van der Waals surface area contributed by atoms with Gasteiger partial charge in [0.2, 0.25) is 0 Å². The minimum atomic E-state index is -0.350. The molecule has 0 aliphatic heterocycles.